The van der Waals surface area contributed by atoms with E-state index in [2.05, 4.69) is 29.5 Å². The maximum atomic E-state index is 12.7. The number of carbonyl (C=O) groups excluding carboxylic acids is 2. The summed E-state index contributed by atoms with van der Waals surface area (Å²) in [6.07, 6.45) is 3.51. The third kappa shape index (κ3) is 6.61. The summed E-state index contributed by atoms with van der Waals surface area (Å²) in [5.41, 5.74) is 4.42. The van der Waals surface area contributed by atoms with E-state index in [1.54, 1.807) is 12.3 Å². The number of carbonyl (C=O) groups is 2. The molecule has 3 aromatic carbocycles. The highest BCUT2D eigenvalue weighted by Crippen LogP contribution is 2.22. The lowest BCUT2D eigenvalue weighted by Crippen LogP contribution is -2.22. The first kappa shape index (κ1) is 24.3. The van der Waals surface area contributed by atoms with Gasteiger partial charge in [-0.05, 0) is 47.4 Å². The van der Waals surface area contributed by atoms with E-state index in [1.807, 2.05) is 83.6 Å². The van der Waals surface area contributed by atoms with Crippen molar-refractivity contribution in [2.24, 2.45) is 0 Å². The maximum Gasteiger partial charge on any atom is 0.251 e. The number of nitrogens with zero attached hydrogens (tertiary/aromatic N) is 2. The van der Waals surface area contributed by atoms with Crippen molar-refractivity contribution in [1.29, 1.82) is 0 Å². The molecule has 0 bridgehead atoms. The number of amides is 2. The van der Waals surface area contributed by atoms with Crippen molar-refractivity contribution in [3.05, 3.63) is 108 Å². The van der Waals surface area contributed by atoms with Crippen LogP contribution in [0.2, 0.25) is 0 Å². The van der Waals surface area contributed by atoms with Crippen molar-refractivity contribution in [1.82, 2.24) is 14.9 Å². The van der Waals surface area contributed by atoms with Crippen LogP contribution in [0.5, 0.6) is 0 Å². The lowest BCUT2D eigenvalue weighted by molar-refractivity contribution is -0.113. The van der Waals surface area contributed by atoms with Gasteiger partial charge >= 0.3 is 0 Å². The Bertz CT molecular complexity index is 1280. The Morgan fingerprint density at radius 2 is 1.74 bits per heavy atom. The van der Waals surface area contributed by atoms with E-state index >= 15 is 0 Å². The molecule has 0 aliphatic carbocycles. The Hall–Kier alpha value is -3.84. The molecule has 0 aliphatic rings. The summed E-state index contributed by atoms with van der Waals surface area (Å²) in [4.78, 5) is 29.6. The molecule has 7 heteroatoms. The van der Waals surface area contributed by atoms with Gasteiger partial charge < -0.3 is 10.6 Å². The van der Waals surface area contributed by atoms with E-state index < -0.39 is 0 Å². The van der Waals surface area contributed by atoms with Crippen LogP contribution in [0.1, 0.15) is 41.3 Å². The Morgan fingerprint density at radius 1 is 0.971 bits per heavy atom. The van der Waals surface area contributed by atoms with Gasteiger partial charge in [0.1, 0.15) is 0 Å². The third-order valence-corrected chi connectivity index (χ3v) is 6.45. The van der Waals surface area contributed by atoms with E-state index in [9.17, 15) is 9.59 Å². The van der Waals surface area contributed by atoms with Crippen LogP contribution in [-0.4, -0.2) is 27.1 Å². The van der Waals surface area contributed by atoms with Gasteiger partial charge in [-0.1, -0.05) is 74.1 Å². The summed E-state index contributed by atoms with van der Waals surface area (Å²) >= 11 is 1.34. The molecular weight excluding hydrogens is 456 g/mol. The standard InChI is InChI=1S/C28H28N4O2S/c1-20(2)22-11-13-24(14-12-22)31-26(33)19-35-28-29-15-16-32(28)25-10-6-9-23(17-25)27(34)30-18-21-7-4-3-5-8-21/h3-17,20H,18-19H2,1-2H3,(H,30,34)(H,31,33). The molecule has 1 heterocycles. The first-order valence-corrected chi connectivity index (χ1v) is 12.5. The Balaban J connectivity index is 1.37. The minimum Gasteiger partial charge on any atom is -0.348 e. The number of rotatable bonds is 9. The molecule has 178 valence electrons. The molecule has 0 atom stereocenters. The highest BCUT2D eigenvalue weighted by Gasteiger charge is 2.12. The number of anilines is 1. The predicted molar refractivity (Wildman–Crippen MR) is 141 cm³/mol. The molecule has 2 N–H and O–H groups in total. The number of hydrogen-bond acceptors (Lipinski definition) is 4. The van der Waals surface area contributed by atoms with Crippen LogP contribution in [0.25, 0.3) is 5.69 Å². The highest BCUT2D eigenvalue weighted by molar-refractivity contribution is 7.99. The van der Waals surface area contributed by atoms with Gasteiger partial charge in [-0.15, -0.1) is 0 Å². The number of nitrogens with one attached hydrogen (secondary N) is 2. The second kappa shape index (κ2) is 11.5. The second-order valence-electron chi connectivity index (χ2n) is 8.41. The lowest BCUT2D eigenvalue weighted by Gasteiger charge is -2.11. The Kier molecular flexibility index (Phi) is 8.00. The smallest absolute Gasteiger partial charge is 0.251 e. The minimum atomic E-state index is -0.145. The van der Waals surface area contributed by atoms with Crippen LogP contribution in [0, 0.1) is 0 Å². The van der Waals surface area contributed by atoms with E-state index in [4.69, 9.17) is 0 Å². The van der Waals surface area contributed by atoms with Crippen LogP contribution in [0.3, 0.4) is 0 Å². The van der Waals surface area contributed by atoms with E-state index in [0.29, 0.717) is 23.2 Å². The fraction of sp³-hybridized carbons (Fsp3) is 0.179. The molecule has 6 nitrogen and oxygen atoms in total. The van der Waals surface area contributed by atoms with E-state index in [0.717, 1.165) is 16.9 Å². The van der Waals surface area contributed by atoms with Gasteiger partial charge in [-0.2, -0.15) is 0 Å². The molecule has 1 aromatic heterocycles. The quantitative estimate of drug-likeness (QED) is 0.301. The molecular formula is C28H28N4O2S. The predicted octanol–water partition coefficient (Wildman–Crippen LogP) is 5.66. The largest absolute Gasteiger partial charge is 0.348 e. The first-order chi connectivity index (χ1) is 17.0. The van der Waals surface area contributed by atoms with Crippen molar-refractivity contribution < 1.29 is 9.59 Å². The van der Waals surface area contributed by atoms with E-state index in [1.165, 1.54) is 17.3 Å². The number of hydrogen-bond donors (Lipinski definition) is 2. The number of benzene rings is 3. The highest BCUT2D eigenvalue weighted by atomic mass is 32.2. The second-order valence-corrected chi connectivity index (χ2v) is 9.35. The summed E-state index contributed by atoms with van der Waals surface area (Å²) in [6, 6.07) is 25.1. The molecule has 0 unspecified atom stereocenters. The van der Waals surface area contributed by atoms with Gasteiger partial charge in [0.2, 0.25) is 5.91 Å². The Morgan fingerprint density at radius 3 is 2.49 bits per heavy atom. The summed E-state index contributed by atoms with van der Waals surface area (Å²) in [5, 5.41) is 6.56. The zero-order valence-electron chi connectivity index (χ0n) is 19.8. The van der Waals surface area contributed by atoms with Crippen LogP contribution in [-0.2, 0) is 11.3 Å². The molecule has 35 heavy (non-hydrogen) atoms. The zero-order chi connectivity index (χ0) is 24.6. The van der Waals surface area contributed by atoms with Crippen molar-refractivity contribution in [2.75, 3.05) is 11.1 Å². The average Bonchev–Trinajstić information content (AvgIpc) is 3.36. The molecule has 0 fully saturated rings. The number of aromatic nitrogens is 2. The normalized spacial score (nSPS) is 10.8. The molecule has 2 amide bonds. The summed E-state index contributed by atoms with van der Waals surface area (Å²) in [7, 11) is 0. The van der Waals surface area contributed by atoms with Crippen LogP contribution >= 0.6 is 11.8 Å². The van der Waals surface area contributed by atoms with Gasteiger partial charge in [-0.25, -0.2) is 4.98 Å². The average molecular weight is 485 g/mol. The van der Waals surface area contributed by atoms with E-state index in [-0.39, 0.29) is 17.6 Å². The van der Waals surface area contributed by atoms with Crippen LogP contribution in [0.4, 0.5) is 5.69 Å². The summed E-state index contributed by atoms with van der Waals surface area (Å²) in [5.74, 6) is 0.423. The number of thioether (sulfide) groups is 1. The first-order valence-electron chi connectivity index (χ1n) is 11.5. The molecule has 0 spiro atoms. The fourth-order valence-electron chi connectivity index (χ4n) is 3.55. The van der Waals surface area contributed by atoms with Crippen molar-refractivity contribution in [3.63, 3.8) is 0 Å². The zero-order valence-corrected chi connectivity index (χ0v) is 20.6. The van der Waals surface area contributed by atoms with Gasteiger partial charge in [0.05, 0.1) is 5.75 Å². The summed E-state index contributed by atoms with van der Waals surface area (Å²) in [6.45, 7) is 4.74. The lowest BCUT2D eigenvalue weighted by atomic mass is 10.0. The molecule has 4 aromatic rings. The van der Waals surface area contributed by atoms with Crippen molar-refractivity contribution in [3.8, 4) is 5.69 Å². The van der Waals surface area contributed by atoms with Crippen LogP contribution in [0.15, 0.2) is 96.4 Å². The summed E-state index contributed by atoms with van der Waals surface area (Å²) < 4.78 is 1.88. The van der Waals surface area contributed by atoms with Gasteiger partial charge in [0, 0.05) is 35.9 Å². The molecule has 0 aliphatic heterocycles. The van der Waals surface area contributed by atoms with Gasteiger partial charge in [0.15, 0.2) is 5.16 Å². The maximum absolute atomic E-state index is 12.7. The Labute approximate surface area is 209 Å². The van der Waals surface area contributed by atoms with Crippen LogP contribution < -0.4 is 10.6 Å². The molecule has 4 rings (SSSR count). The third-order valence-electron chi connectivity index (χ3n) is 5.48. The minimum absolute atomic E-state index is 0.101. The van der Waals surface area contributed by atoms with Crippen molar-refractivity contribution >= 4 is 29.3 Å². The topological polar surface area (TPSA) is 76.0 Å². The monoisotopic (exact) mass is 484 g/mol. The number of imidazole rings is 1. The molecule has 0 saturated heterocycles. The van der Waals surface area contributed by atoms with Gasteiger partial charge in [0.25, 0.3) is 5.91 Å². The SMILES string of the molecule is CC(C)c1ccc(NC(=O)CSc2nccn2-c2cccc(C(=O)NCc3ccccc3)c2)cc1. The fourth-order valence-corrected chi connectivity index (χ4v) is 4.32. The molecule has 0 radical (unpaired) electrons. The molecule has 0 saturated carbocycles. The van der Waals surface area contributed by atoms with Gasteiger partial charge in [-0.3, -0.25) is 14.2 Å². The van der Waals surface area contributed by atoms with Crippen molar-refractivity contribution in [2.45, 2.75) is 31.5 Å².